The molecule has 0 spiro atoms. The first-order valence-corrected chi connectivity index (χ1v) is 12.5. The van der Waals surface area contributed by atoms with E-state index in [4.69, 9.17) is 4.74 Å². The van der Waals surface area contributed by atoms with Crippen LogP contribution in [0.2, 0.25) is 0 Å². The fraction of sp³-hybridized carbons (Fsp3) is 0.367. The normalized spacial score (nSPS) is 18.2. The molecule has 1 N–H and O–H groups in total. The van der Waals surface area contributed by atoms with Crippen molar-refractivity contribution in [3.63, 3.8) is 0 Å². The molecule has 3 aromatic carbocycles. The Balaban J connectivity index is 1.72. The number of phenols is 1. The molecule has 4 rings (SSSR count). The summed E-state index contributed by atoms with van der Waals surface area (Å²) in [5, 5.41) is 10.6. The van der Waals surface area contributed by atoms with Gasteiger partial charge in [0.1, 0.15) is 17.7 Å². The number of rotatable bonds is 5. The zero-order chi connectivity index (χ0) is 27.9. The predicted molar refractivity (Wildman–Crippen MR) is 137 cm³/mol. The van der Waals surface area contributed by atoms with Gasteiger partial charge in [0, 0.05) is 30.6 Å². The number of amides is 1. The van der Waals surface area contributed by atoms with Crippen LogP contribution < -0.4 is 0 Å². The van der Waals surface area contributed by atoms with Crippen molar-refractivity contribution < 1.29 is 32.2 Å². The van der Waals surface area contributed by atoms with Crippen molar-refractivity contribution in [1.82, 2.24) is 4.90 Å². The fourth-order valence-corrected chi connectivity index (χ4v) is 5.06. The number of halogens is 4. The Kier molecular flexibility index (Phi) is 7.46. The second-order valence-corrected chi connectivity index (χ2v) is 10.4. The maximum atomic E-state index is 14.4. The zero-order valence-electron chi connectivity index (χ0n) is 22.0. The van der Waals surface area contributed by atoms with E-state index in [1.165, 1.54) is 17.0 Å². The van der Waals surface area contributed by atoms with E-state index in [-0.39, 0.29) is 35.2 Å². The van der Waals surface area contributed by atoms with Gasteiger partial charge < -0.3 is 14.7 Å². The smallest absolute Gasteiger partial charge is 0.416 e. The number of aryl methyl sites for hydroxylation is 2. The summed E-state index contributed by atoms with van der Waals surface area (Å²) >= 11 is 0. The van der Waals surface area contributed by atoms with Crippen LogP contribution in [0.3, 0.4) is 0 Å². The number of hydrogen-bond donors (Lipinski definition) is 1. The fourth-order valence-electron chi connectivity index (χ4n) is 5.06. The third-order valence-corrected chi connectivity index (χ3v) is 6.98. The number of aromatic hydroxyl groups is 1. The molecule has 4 nitrogen and oxygen atoms in total. The van der Waals surface area contributed by atoms with E-state index in [2.05, 4.69) is 0 Å². The number of nitrogens with zero attached hydrogens (tertiary/aromatic N) is 1. The van der Waals surface area contributed by atoms with Crippen molar-refractivity contribution in [3.8, 4) is 16.9 Å². The van der Waals surface area contributed by atoms with Crippen LogP contribution in [0.25, 0.3) is 11.1 Å². The summed E-state index contributed by atoms with van der Waals surface area (Å²) in [6.07, 6.45) is -5.25. The maximum absolute atomic E-state index is 14.4. The lowest BCUT2D eigenvalue weighted by Crippen LogP contribution is -2.44. The Hall–Kier alpha value is -3.55. The number of alkyl halides is 3. The first-order chi connectivity index (χ1) is 17.7. The Labute approximate surface area is 219 Å². The Morgan fingerprint density at radius 2 is 1.68 bits per heavy atom. The highest BCUT2D eigenvalue weighted by Gasteiger charge is 2.36. The van der Waals surface area contributed by atoms with Gasteiger partial charge in [-0.15, -0.1) is 0 Å². The molecule has 1 amide bonds. The average Bonchev–Trinajstić information content (AvgIpc) is 2.80. The standard InChI is InChI=1S/C30H31F4NO3/c1-16(2)24-13-25(27(36)14-26(24)31)23-7-6-22(30(32,33)34)12-21(23)15-35-19(5)11-28(38-29(35)37)20-9-17(3)8-18(4)10-20/h6-10,12-14,16,19,28,36H,11,15H2,1-5H3/t19-,28-/m0/s1. The van der Waals surface area contributed by atoms with Gasteiger partial charge in [-0.25, -0.2) is 9.18 Å². The number of carbonyl (C=O) groups is 1. The van der Waals surface area contributed by atoms with E-state index in [1.54, 1.807) is 13.8 Å². The van der Waals surface area contributed by atoms with E-state index < -0.39 is 35.5 Å². The quantitative estimate of drug-likeness (QED) is 0.338. The lowest BCUT2D eigenvalue weighted by molar-refractivity contribution is -0.137. The van der Waals surface area contributed by atoms with Crippen LogP contribution in [-0.4, -0.2) is 22.1 Å². The van der Waals surface area contributed by atoms with E-state index in [9.17, 15) is 27.5 Å². The first-order valence-electron chi connectivity index (χ1n) is 12.5. The minimum atomic E-state index is -4.61. The molecule has 0 aliphatic carbocycles. The van der Waals surface area contributed by atoms with Crippen LogP contribution >= 0.6 is 0 Å². The van der Waals surface area contributed by atoms with Gasteiger partial charge in [-0.05, 0) is 67.1 Å². The minimum Gasteiger partial charge on any atom is -0.507 e. The largest absolute Gasteiger partial charge is 0.507 e. The van der Waals surface area contributed by atoms with Crippen molar-refractivity contribution in [2.75, 3.05) is 0 Å². The minimum absolute atomic E-state index is 0.171. The molecule has 0 saturated carbocycles. The van der Waals surface area contributed by atoms with Crippen molar-refractivity contribution in [3.05, 3.63) is 87.7 Å². The Morgan fingerprint density at radius 1 is 1.03 bits per heavy atom. The molecule has 38 heavy (non-hydrogen) atoms. The van der Waals surface area contributed by atoms with Gasteiger partial charge in [0.25, 0.3) is 0 Å². The summed E-state index contributed by atoms with van der Waals surface area (Å²) < 4.78 is 61.1. The molecular formula is C30H31F4NO3. The van der Waals surface area contributed by atoms with Gasteiger partial charge in [0.2, 0.25) is 0 Å². The molecule has 1 heterocycles. The molecule has 0 radical (unpaired) electrons. The average molecular weight is 530 g/mol. The highest BCUT2D eigenvalue weighted by molar-refractivity contribution is 5.76. The molecule has 0 unspecified atom stereocenters. The second-order valence-electron chi connectivity index (χ2n) is 10.4. The summed E-state index contributed by atoms with van der Waals surface area (Å²) in [4.78, 5) is 14.5. The molecule has 0 aromatic heterocycles. The third-order valence-electron chi connectivity index (χ3n) is 6.98. The summed E-state index contributed by atoms with van der Waals surface area (Å²) in [5.74, 6) is -1.20. The summed E-state index contributed by atoms with van der Waals surface area (Å²) in [5.41, 5.74) is 3.06. The number of benzene rings is 3. The van der Waals surface area contributed by atoms with E-state index in [0.717, 1.165) is 34.9 Å². The number of hydrogen-bond acceptors (Lipinski definition) is 3. The van der Waals surface area contributed by atoms with E-state index >= 15 is 0 Å². The van der Waals surface area contributed by atoms with Crippen LogP contribution in [-0.2, 0) is 17.5 Å². The van der Waals surface area contributed by atoms with Crippen LogP contribution in [0.5, 0.6) is 5.75 Å². The third kappa shape index (κ3) is 5.64. The molecule has 1 fully saturated rings. The highest BCUT2D eigenvalue weighted by Crippen LogP contribution is 2.40. The summed E-state index contributed by atoms with van der Waals surface area (Å²) in [7, 11) is 0. The predicted octanol–water partition coefficient (Wildman–Crippen LogP) is 8.43. The Morgan fingerprint density at radius 3 is 2.26 bits per heavy atom. The van der Waals surface area contributed by atoms with Gasteiger partial charge in [-0.2, -0.15) is 13.2 Å². The molecule has 0 bridgehead atoms. The molecule has 1 aliphatic rings. The molecule has 202 valence electrons. The van der Waals surface area contributed by atoms with E-state index in [0.29, 0.717) is 12.0 Å². The number of ether oxygens (including phenoxy) is 1. The first kappa shape index (κ1) is 27.5. The number of phenolic OH excluding ortho intramolecular Hbond substituents is 1. The van der Waals surface area contributed by atoms with E-state index in [1.807, 2.05) is 39.0 Å². The maximum Gasteiger partial charge on any atom is 0.416 e. The van der Waals surface area contributed by atoms with Crippen molar-refractivity contribution in [2.45, 2.75) is 71.8 Å². The molecule has 2 atom stereocenters. The van der Waals surface area contributed by atoms with Crippen molar-refractivity contribution in [2.24, 2.45) is 0 Å². The molecule has 1 saturated heterocycles. The number of carbonyl (C=O) groups excluding carboxylic acids is 1. The lowest BCUT2D eigenvalue weighted by atomic mass is 9.91. The molecule has 8 heteroatoms. The van der Waals surface area contributed by atoms with Crippen molar-refractivity contribution in [1.29, 1.82) is 0 Å². The molecular weight excluding hydrogens is 498 g/mol. The molecule has 1 aliphatic heterocycles. The van der Waals surface area contributed by atoms with Crippen molar-refractivity contribution >= 4 is 6.09 Å². The zero-order valence-corrected chi connectivity index (χ0v) is 22.0. The number of cyclic esters (lactones) is 1. The topological polar surface area (TPSA) is 49.8 Å². The Bertz CT molecular complexity index is 1350. The highest BCUT2D eigenvalue weighted by atomic mass is 19.4. The second kappa shape index (κ2) is 10.3. The van der Waals surface area contributed by atoms with Gasteiger partial charge >= 0.3 is 12.3 Å². The summed E-state index contributed by atoms with van der Waals surface area (Å²) in [6, 6.07) is 11.2. The van der Waals surface area contributed by atoms with Crippen LogP contribution in [0.1, 0.15) is 72.6 Å². The van der Waals surface area contributed by atoms with Gasteiger partial charge in [0.05, 0.1) is 5.56 Å². The summed E-state index contributed by atoms with van der Waals surface area (Å²) in [6.45, 7) is 9.14. The lowest BCUT2D eigenvalue weighted by Gasteiger charge is -2.38. The SMILES string of the molecule is Cc1cc(C)cc([C@@H]2C[C@H](C)N(Cc3cc(C(F)(F)F)ccc3-c3cc(C(C)C)c(F)cc3O)C(=O)O2)c1. The van der Waals surface area contributed by atoms with Crippen LogP contribution in [0.15, 0.2) is 48.5 Å². The van der Waals surface area contributed by atoms with Gasteiger partial charge in [-0.1, -0.05) is 49.2 Å². The van der Waals surface area contributed by atoms with Crippen LogP contribution in [0.4, 0.5) is 22.4 Å². The monoisotopic (exact) mass is 529 g/mol. The van der Waals surface area contributed by atoms with Gasteiger partial charge in [0.15, 0.2) is 0 Å². The van der Waals surface area contributed by atoms with Crippen LogP contribution in [0, 0.1) is 19.7 Å². The molecule has 3 aromatic rings. The van der Waals surface area contributed by atoms with Gasteiger partial charge in [-0.3, -0.25) is 0 Å².